The van der Waals surface area contributed by atoms with Gasteiger partial charge < -0.3 is 11.1 Å². The highest BCUT2D eigenvalue weighted by Gasteiger charge is 1.97. The summed E-state index contributed by atoms with van der Waals surface area (Å²) in [6.07, 6.45) is 1.09. The summed E-state index contributed by atoms with van der Waals surface area (Å²) in [6.45, 7) is 4.90. The molecule has 0 amide bonds. The van der Waals surface area contributed by atoms with Crippen LogP contribution in [0.3, 0.4) is 0 Å². The summed E-state index contributed by atoms with van der Waals surface area (Å²) in [4.78, 5) is 0. The lowest BCUT2D eigenvalue weighted by Crippen LogP contribution is -2.25. The second-order valence-electron chi connectivity index (χ2n) is 3.33. The van der Waals surface area contributed by atoms with Crippen molar-refractivity contribution in [1.29, 1.82) is 0 Å². The van der Waals surface area contributed by atoms with Gasteiger partial charge in [0.25, 0.3) is 0 Å². The quantitative estimate of drug-likeness (QED) is 0.740. The number of rotatable bonds is 4. The first-order valence-corrected chi connectivity index (χ1v) is 4.81. The van der Waals surface area contributed by atoms with Gasteiger partial charge in [-0.2, -0.15) is 0 Å². The standard InChI is InChI=1S/C11H18N2/c1-3-10-4-6-11(7-5-10)13-9(2)8-12/h4-7,9,13H,3,8,12H2,1-2H3. The van der Waals surface area contributed by atoms with Gasteiger partial charge in [-0.05, 0) is 31.0 Å². The second-order valence-corrected chi connectivity index (χ2v) is 3.33. The third kappa shape index (κ3) is 3.07. The molecule has 72 valence electrons. The fourth-order valence-electron chi connectivity index (χ4n) is 1.18. The van der Waals surface area contributed by atoms with Crippen molar-refractivity contribution in [2.75, 3.05) is 11.9 Å². The summed E-state index contributed by atoms with van der Waals surface area (Å²) in [5, 5.41) is 3.32. The van der Waals surface area contributed by atoms with Gasteiger partial charge in [0.2, 0.25) is 0 Å². The minimum absolute atomic E-state index is 0.340. The Morgan fingerprint density at radius 2 is 1.92 bits per heavy atom. The fraction of sp³-hybridized carbons (Fsp3) is 0.455. The lowest BCUT2D eigenvalue weighted by Gasteiger charge is -2.12. The molecule has 13 heavy (non-hydrogen) atoms. The van der Waals surface area contributed by atoms with Gasteiger partial charge in [-0.3, -0.25) is 0 Å². The molecule has 1 atom stereocenters. The number of anilines is 1. The van der Waals surface area contributed by atoms with Crippen molar-refractivity contribution in [2.24, 2.45) is 5.73 Å². The third-order valence-corrected chi connectivity index (χ3v) is 2.13. The van der Waals surface area contributed by atoms with Crippen molar-refractivity contribution in [3.05, 3.63) is 29.8 Å². The van der Waals surface area contributed by atoms with E-state index in [0.717, 1.165) is 12.1 Å². The van der Waals surface area contributed by atoms with Crippen LogP contribution in [0.1, 0.15) is 19.4 Å². The van der Waals surface area contributed by atoms with Crippen LogP contribution in [0.5, 0.6) is 0 Å². The Balaban J connectivity index is 2.58. The maximum Gasteiger partial charge on any atom is 0.0355 e. The van der Waals surface area contributed by atoms with Crippen molar-refractivity contribution in [2.45, 2.75) is 26.3 Å². The van der Waals surface area contributed by atoms with Gasteiger partial charge in [-0.1, -0.05) is 19.1 Å². The first-order chi connectivity index (χ1) is 6.26. The summed E-state index contributed by atoms with van der Waals surface area (Å²) in [5.74, 6) is 0. The molecule has 0 aliphatic heterocycles. The van der Waals surface area contributed by atoms with Crippen LogP contribution in [0.2, 0.25) is 0 Å². The fourth-order valence-corrected chi connectivity index (χ4v) is 1.18. The van der Waals surface area contributed by atoms with E-state index in [-0.39, 0.29) is 0 Å². The number of aryl methyl sites for hydroxylation is 1. The van der Waals surface area contributed by atoms with Gasteiger partial charge in [0.05, 0.1) is 0 Å². The van der Waals surface area contributed by atoms with E-state index in [2.05, 4.69) is 43.4 Å². The van der Waals surface area contributed by atoms with Crippen LogP contribution in [-0.4, -0.2) is 12.6 Å². The predicted molar refractivity (Wildman–Crippen MR) is 58.0 cm³/mol. The van der Waals surface area contributed by atoms with Crippen LogP contribution in [0.15, 0.2) is 24.3 Å². The number of nitrogens with one attached hydrogen (secondary N) is 1. The van der Waals surface area contributed by atoms with Crippen molar-refractivity contribution in [3.8, 4) is 0 Å². The molecule has 2 nitrogen and oxygen atoms in total. The van der Waals surface area contributed by atoms with Crippen LogP contribution in [0.4, 0.5) is 5.69 Å². The van der Waals surface area contributed by atoms with Crippen LogP contribution in [-0.2, 0) is 6.42 Å². The van der Waals surface area contributed by atoms with Gasteiger partial charge in [0, 0.05) is 18.3 Å². The first-order valence-electron chi connectivity index (χ1n) is 4.81. The monoisotopic (exact) mass is 178 g/mol. The van der Waals surface area contributed by atoms with Crippen molar-refractivity contribution in [1.82, 2.24) is 0 Å². The molecule has 1 rings (SSSR count). The van der Waals surface area contributed by atoms with Crippen LogP contribution in [0, 0.1) is 0 Å². The summed E-state index contributed by atoms with van der Waals surface area (Å²) in [5.41, 5.74) is 8.03. The molecular formula is C11H18N2. The lowest BCUT2D eigenvalue weighted by atomic mass is 10.1. The SMILES string of the molecule is CCc1ccc(NC(C)CN)cc1. The van der Waals surface area contributed by atoms with Gasteiger partial charge in [-0.25, -0.2) is 0 Å². The largest absolute Gasteiger partial charge is 0.381 e. The summed E-state index contributed by atoms with van der Waals surface area (Å²) >= 11 is 0. The average Bonchev–Trinajstić information content (AvgIpc) is 2.19. The highest BCUT2D eigenvalue weighted by atomic mass is 14.9. The molecule has 1 aromatic rings. The molecule has 0 aromatic heterocycles. The molecule has 0 aliphatic rings. The number of hydrogen-bond donors (Lipinski definition) is 2. The zero-order valence-corrected chi connectivity index (χ0v) is 8.38. The topological polar surface area (TPSA) is 38.0 Å². The maximum atomic E-state index is 5.51. The second kappa shape index (κ2) is 4.87. The molecule has 0 radical (unpaired) electrons. The summed E-state index contributed by atoms with van der Waals surface area (Å²) < 4.78 is 0. The normalized spacial score (nSPS) is 12.5. The minimum atomic E-state index is 0.340. The molecule has 0 bridgehead atoms. The van der Waals surface area contributed by atoms with Crippen LogP contribution < -0.4 is 11.1 Å². The molecule has 0 aliphatic carbocycles. The van der Waals surface area contributed by atoms with Gasteiger partial charge in [-0.15, -0.1) is 0 Å². The molecule has 1 unspecified atom stereocenters. The smallest absolute Gasteiger partial charge is 0.0355 e. The number of benzene rings is 1. The van der Waals surface area contributed by atoms with Crippen molar-refractivity contribution in [3.63, 3.8) is 0 Å². The molecule has 0 saturated carbocycles. The van der Waals surface area contributed by atoms with E-state index in [1.165, 1.54) is 5.56 Å². The minimum Gasteiger partial charge on any atom is -0.381 e. The zero-order chi connectivity index (χ0) is 9.68. The molecule has 0 heterocycles. The third-order valence-electron chi connectivity index (χ3n) is 2.13. The van der Waals surface area contributed by atoms with E-state index < -0.39 is 0 Å². The zero-order valence-electron chi connectivity index (χ0n) is 8.38. The van der Waals surface area contributed by atoms with Crippen LogP contribution in [0.25, 0.3) is 0 Å². The van der Waals surface area contributed by atoms with E-state index in [1.807, 2.05) is 0 Å². The number of hydrogen-bond acceptors (Lipinski definition) is 2. The van der Waals surface area contributed by atoms with E-state index >= 15 is 0 Å². The Hall–Kier alpha value is -1.02. The predicted octanol–water partition coefficient (Wildman–Crippen LogP) is 2.01. The molecule has 1 aromatic carbocycles. The molecule has 0 spiro atoms. The Morgan fingerprint density at radius 1 is 1.31 bits per heavy atom. The highest BCUT2D eigenvalue weighted by molar-refractivity contribution is 5.45. The maximum absolute atomic E-state index is 5.51. The van der Waals surface area contributed by atoms with E-state index in [4.69, 9.17) is 5.73 Å². The highest BCUT2D eigenvalue weighted by Crippen LogP contribution is 2.10. The van der Waals surface area contributed by atoms with E-state index in [0.29, 0.717) is 12.6 Å². The Bertz CT molecular complexity index is 241. The molecule has 0 fully saturated rings. The molecule has 3 N–H and O–H groups in total. The Labute approximate surface area is 80.1 Å². The van der Waals surface area contributed by atoms with Gasteiger partial charge >= 0.3 is 0 Å². The first kappa shape index (κ1) is 10.1. The van der Waals surface area contributed by atoms with Crippen LogP contribution >= 0.6 is 0 Å². The van der Waals surface area contributed by atoms with Crippen molar-refractivity contribution >= 4 is 5.69 Å². The molecule has 2 heteroatoms. The Morgan fingerprint density at radius 3 is 2.38 bits per heavy atom. The van der Waals surface area contributed by atoms with E-state index in [1.54, 1.807) is 0 Å². The van der Waals surface area contributed by atoms with Gasteiger partial charge in [0.15, 0.2) is 0 Å². The Kier molecular flexibility index (Phi) is 3.77. The lowest BCUT2D eigenvalue weighted by molar-refractivity contribution is 0.804. The van der Waals surface area contributed by atoms with Crippen molar-refractivity contribution < 1.29 is 0 Å². The summed E-state index contributed by atoms with van der Waals surface area (Å²) in [6, 6.07) is 8.83. The van der Waals surface area contributed by atoms with E-state index in [9.17, 15) is 0 Å². The molecule has 0 saturated heterocycles. The van der Waals surface area contributed by atoms with Gasteiger partial charge in [0.1, 0.15) is 0 Å². The number of nitrogens with two attached hydrogens (primary N) is 1. The summed E-state index contributed by atoms with van der Waals surface area (Å²) in [7, 11) is 0. The molecular weight excluding hydrogens is 160 g/mol. The average molecular weight is 178 g/mol.